The molecule has 0 aliphatic carbocycles. The molecule has 108 valence electrons. The number of aromatic nitrogens is 1. The average Bonchev–Trinajstić information content (AvgIpc) is 2.89. The topological polar surface area (TPSA) is 75.4 Å². The second-order valence-electron chi connectivity index (χ2n) is 4.60. The Bertz CT molecular complexity index is 708. The number of aliphatic hydroxyl groups excluding tert-OH is 1. The van der Waals surface area contributed by atoms with Crippen LogP contribution in [0.2, 0.25) is 0 Å². The Kier molecular flexibility index (Phi) is 4.75. The molecule has 0 fully saturated rings. The molecule has 1 aromatic heterocycles. The maximum Gasteiger partial charge on any atom is 0.251 e. The molecule has 0 atom stereocenters. The molecule has 0 radical (unpaired) electrons. The molecule has 0 aliphatic rings. The summed E-state index contributed by atoms with van der Waals surface area (Å²) in [5.74, 6) is 5.91. The summed E-state index contributed by atoms with van der Waals surface area (Å²) >= 11 is 0. The van der Waals surface area contributed by atoms with Crippen LogP contribution in [-0.2, 0) is 6.54 Å². The van der Waals surface area contributed by atoms with Crippen LogP contribution in [-0.4, -0.2) is 22.8 Å². The largest absolute Gasteiger partial charge is 0.384 e. The molecule has 1 aromatic carbocycles. The summed E-state index contributed by atoms with van der Waals surface area (Å²) in [5.41, 5.74) is 2.88. The van der Waals surface area contributed by atoms with E-state index in [4.69, 9.17) is 9.63 Å². The van der Waals surface area contributed by atoms with Gasteiger partial charge in [0.15, 0.2) is 0 Å². The fourth-order valence-corrected chi connectivity index (χ4v) is 1.81. The van der Waals surface area contributed by atoms with E-state index in [9.17, 15) is 4.79 Å². The molecular formula is C16H16N2O3. The maximum atomic E-state index is 12.1. The van der Waals surface area contributed by atoms with Crippen LogP contribution in [0.5, 0.6) is 0 Å². The molecule has 1 amide bonds. The van der Waals surface area contributed by atoms with Gasteiger partial charge in [-0.3, -0.25) is 4.79 Å². The van der Waals surface area contributed by atoms with Crippen molar-refractivity contribution in [3.8, 4) is 11.8 Å². The third-order valence-corrected chi connectivity index (χ3v) is 2.91. The average molecular weight is 284 g/mol. The van der Waals surface area contributed by atoms with E-state index in [0.29, 0.717) is 23.6 Å². The van der Waals surface area contributed by atoms with Crippen molar-refractivity contribution in [3.05, 3.63) is 52.4 Å². The fraction of sp³-hybridized carbons (Fsp3) is 0.250. The van der Waals surface area contributed by atoms with Gasteiger partial charge in [-0.15, -0.1) is 0 Å². The van der Waals surface area contributed by atoms with Gasteiger partial charge in [0.25, 0.3) is 5.91 Å². The summed E-state index contributed by atoms with van der Waals surface area (Å²) in [5, 5.41) is 15.3. The molecule has 2 N–H and O–H groups in total. The third-order valence-electron chi connectivity index (χ3n) is 2.91. The molecule has 21 heavy (non-hydrogen) atoms. The first-order valence-electron chi connectivity index (χ1n) is 6.51. The first-order valence-corrected chi connectivity index (χ1v) is 6.51. The van der Waals surface area contributed by atoms with Crippen molar-refractivity contribution in [2.75, 3.05) is 6.61 Å². The number of amides is 1. The molecule has 0 unspecified atom stereocenters. The fourth-order valence-electron chi connectivity index (χ4n) is 1.81. The minimum Gasteiger partial charge on any atom is -0.384 e. The van der Waals surface area contributed by atoms with Crippen LogP contribution >= 0.6 is 0 Å². The van der Waals surface area contributed by atoms with Crippen LogP contribution in [0.3, 0.4) is 0 Å². The number of nitrogens with zero attached hydrogens (tertiary/aromatic N) is 1. The predicted octanol–water partition coefficient (Wildman–Crippen LogP) is 1.57. The standard InChI is InChI=1S/C16H16N2O3/c1-11-5-6-14(9-13(11)4-3-7-19)16(20)17-10-15-8-12(2)21-18-15/h5-6,8-9,19H,7,10H2,1-2H3,(H,17,20). The highest BCUT2D eigenvalue weighted by Gasteiger charge is 2.08. The Morgan fingerprint density at radius 2 is 2.19 bits per heavy atom. The summed E-state index contributed by atoms with van der Waals surface area (Å²) in [6, 6.07) is 7.05. The van der Waals surface area contributed by atoms with Gasteiger partial charge in [-0.1, -0.05) is 23.1 Å². The van der Waals surface area contributed by atoms with Gasteiger partial charge in [0.2, 0.25) is 0 Å². The summed E-state index contributed by atoms with van der Waals surface area (Å²) in [4.78, 5) is 12.1. The quantitative estimate of drug-likeness (QED) is 0.839. The number of carbonyl (C=O) groups excluding carboxylic acids is 1. The lowest BCUT2D eigenvalue weighted by atomic mass is 10.0. The number of benzene rings is 1. The zero-order valence-corrected chi connectivity index (χ0v) is 11.9. The molecule has 0 aliphatic heterocycles. The predicted molar refractivity (Wildman–Crippen MR) is 77.6 cm³/mol. The zero-order valence-electron chi connectivity index (χ0n) is 11.9. The summed E-state index contributed by atoms with van der Waals surface area (Å²) in [7, 11) is 0. The Labute approximate surface area is 123 Å². The molecular weight excluding hydrogens is 268 g/mol. The number of nitrogens with one attached hydrogen (secondary N) is 1. The van der Waals surface area contributed by atoms with Crippen LogP contribution in [0.25, 0.3) is 0 Å². The molecule has 0 saturated heterocycles. The van der Waals surface area contributed by atoms with Gasteiger partial charge >= 0.3 is 0 Å². The summed E-state index contributed by atoms with van der Waals surface area (Å²) in [6.45, 7) is 3.80. The van der Waals surface area contributed by atoms with E-state index in [1.54, 1.807) is 25.1 Å². The number of aryl methyl sites for hydroxylation is 2. The Balaban J connectivity index is 2.08. The van der Waals surface area contributed by atoms with Gasteiger partial charge < -0.3 is 14.9 Å². The first kappa shape index (κ1) is 14.8. The molecule has 2 rings (SSSR count). The van der Waals surface area contributed by atoms with E-state index in [1.165, 1.54) is 0 Å². The third kappa shape index (κ3) is 3.94. The summed E-state index contributed by atoms with van der Waals surface area (Å²) in [6.07, 6.45) is 0. The zero-order chi connectivity index (χ0) is 15.2. The second-order valence-corrected chi connectivity index (χ2v) is 4.60. The van der Waals surface area contributed by atoms with Gasteiger partial charge in [-0.25, -0.2) is 0 Å². The van der Waals surface area contributed by atoms with Gasteiger partial charge in [0.05, 0.1) is 6.54 Å². The lowest BCUT2D eigenvalue weighted by molar-refractivity contribution is 0.0950. The van der Waals surface area contributed by atoms with Crippen molar-refractivity contribution >= 4 is 5.91 Å². The molecule has 0 spiro atoms. The van der Waals surface area contributed by atoms with Gasteiger partial charge in [-0.2, -0.15) is 0 Å². The maximum absolute atomic E-state index is 12.1. The normalized spacial score (nSPS) is 9.86. The molecule has 1 heterocycles. The second kappa shape index (κ2) is 6.73. The molecule has 0 saturated carbocycles. The van der Waals surface area contributed by atoms with E-state index in [1.807, 2.05) is 13.0 Å². The Morgan fingerprint density at radius 3 is 2.86 bits per heavy atom. The van der Waals surface area contributed by atoms with E-state index in [0.717, 1.165) is 11.1 Å². The number of rotatable bonds is 3. The highest BCUT2D eigenvalue weighted by atomic mass is 16.5. The van der Waals surface area contributed by atoms with Crippen LogP contribution in [0.1, 0.15) is 32.9 Å². The highest BCUT2D eigenvalue weighted by molar-refractivity contribution is 5.94. The highest BCUT2D eigenvalue weighted by Crippen LogP contribution is 2.10. The number of aliphatic hydroxyl groups is 1. The lowest BCUT2D eigenvalue weighted by Gasteiger charge is -2.05. The van der Waals surface area contributed by atoms with Gasteiger partial charge in [-0.05, 0) is 31.5 Å². The molecule has 5 heteroatoms. The van der Waals surface area contributed by atoms with Crippen molar-refractivity contribution in [1.29, 1.82) is 0 Å². The van der Waals surface area contributed by atoms with E-state index in [2.05, 4.69) is 22.3 Å². The molecule has 5 nitrogen and oxygen atoms in total. The van der Waals surface area contributed by atoms with Crippen LogP contribution in [0.4, 0.5) is 0 Å². The Hall–Kier alpha value is -2.58. The van der Waals surface area contributed by atoms with Crippen molar-refractivity contribution in [2.45, 2.75) is 20.4 Å². The van der Waals surface area contributed by atoms with Gasteiger partial charge in [0, 0.05) is 17.2 Å². The molecule has 0 bridgehead atoms. The smallest absolute Gasteiger partial charge is 0.251 e. The van der Waals surface area contributed by atoms with Crippen molar-refractivity contribution in [3.63, 3.8) is 0 Å². The Morgan fingerprint density at radius 1 is 1.38 bits per heavy atom. The van der Waals surface area contributed by atoms with Crippen molar-refractivity contribution in [1.82, 2.24) is 10.5 Å². The number of hydrogen-bond acceptors (Lipinski definition) is 4. The first-order chi connectivity index (χ1) is 10.1. The minimum atomic E-state index is -0.207. The van der Waals surface area contributed by atoms with E-state index < -0.39 is 0 Å². The van der Waals surface area contributed by atoms with Crippen LogP contribution in [0.15, 0.2) is 28.8 Å². The lowest BCUT2D eigenvalue weighted by Crippen LogP contribution is -2.23. The number of hydrogen-bond donors (Lipinski definition) is 2. The minimum absolute atomic E-state index is 0.206. The monoisotopic (exact) mass is 284 g/mol. The van der Waals surface area contributed by atoms with Crippen LogP contribution in [0, 0.1) is 25.7 Å². The van der Waals surface area contributed by atoms with E-state index >= 15 is 0 Å². The summed E-state index contributed by atoms with van der Waals surface area (Å²) < 4.78 is 4.94. The van der Waals surface area contributed by atoms with E-state index in [-0.39, 0.29) is 12.5 Å². The SMILES string of the molecule is Cc1cc(CNC(=O)c2ccc(C)c(C#CCO)c2)no1. The number of carbonyl (C=O) groups is 1. The van der Waals surface area contributed by atoms with Crippen molar-refractivity contribution < 1.29 is 14.4 Å². The van der Waals surface area contributed by atoms with Crippen LogP contribution < -0.4 is 5.32 Å². The van der Waals surface area contributed by atoms with Gasteiger partial charge in [0.1, 0.15) is 18.1 Å². The van der Waals surface area contributed by atoms with Crippen molar-refractivity contribution in [2.24, 2.45) is 0 Å². The molecule has 2 aromatic rings.